The second kappa shape index (κ2) is 17.9. The summed E-state index contributed by atoms with van der Waals surface area (Å²) in [6.45, 7) is 9.31. The zero-order valence-corrected chi connectivity index (χ0v) is 38.3. The van der Waals surface area contributed by atoms with Gasteiger partial charge in [-0.1, -0.05) is 76.9 Å². The van der Waals surface area contributed by atoms with Crippen LogP contribution in [0.3, 0.4) is 0 Å². The molecule has 4 atom stereocenters. The maximum atomic E-state index is 14.1. The highest BCUT2D eigenvalue weighted by atomic mass is 16.7. The zero-order chi connectivity index (χ0) is 45.6. The van der Waals surface area contributed by atoms with Crippen molar-refractivity contribution in [2.75, 3.05) is 40.5 Å². The molecule has 9 rings (SSSR count). The normalized spacial score (nSPS) is 21.7. The number of nitrogens with one attached hydrogen (secondary N) is 4. The Kier molecular flexibility index (Phi) is 12.3. The summed E-state index contributed by atoms with van der Waals surface area (Å²) in [5.74, 6) is -0.234. The number of hydrogen-bond acceptors (Lipinski definition) is 10. The molecule has 0 unspecified atom stereocenters. The lowest BCUT2D eigenvalue weighted by Gasteiger charge is -2.30. The molecule has 4 N–H and O–H groups in total. The molecule has 65 heavy (non-hydrogen) atoms. The molecule has 2 spiro atoms. The number of amides is 4. The number of alkyl carbamates (subject to hydrolysis) is 2. The molecule has 4 amide bonds. The molecule has 2 aromatic heterocycles. The first-order valence-corrected chi connectivity index (χ1v) is 23.3. The summed E-state index contributed by atoms with van der Waals surface area (Å²) in [7, 11) is 2.59. The van der Waals surface area contributed by atoms with Gasteiger partial charge in [0, 0.05) is 18.5 Å². The van der Waals surface area contributed by atoms with Crippen molar-refractivity contribution >= 4 is 24.0 Å². The van der Waals surface area contributed by atoms with Crippen molar-refractivity contribution in [1.82, 2.24) is 40.4 Å². The van der Waals surface area contributed by atoms with E-state index >= 15 is 0 Å². The number of carbonyl (C=O) groups is 4. The average Bonchev–Trinajstić information content (AvgIpc) is 4.18. The number of aromatic amines is 2. The predicted octanol–water partition coefficient (Wildman–Crippen LogP) is 7.33. The highest BCUT2D eigenvalue weighted by Gasteiger charge is 2.53. The number of nitrogens with zero attached hydrogens (tertiary/aromatic N) is 4. The number of rotatable bonds is 11. The number of fused-ring (bicyclic) bond motifs is 2. The topological polar surface area (TPSA) is 193 Å². The lowest BCUT2D eigenvalue weighted by molar-refractivity contribution is -0.153. The Bertz CT molecular complexity index is 2410. The summed E-state index contributed by atoms with van der Waals surface area (Å²) in [5, 5.41) is 5.46. The fraction of sp³-hybridized carbons (Fsp3) is 0.551. The summed E-state index contributed by atoms with van der Waals surface area (Å²) in [6.07, 6.45) is 11.4. The van der Waals surface area contributed by atoms with Gasteiger partial charge in [0.1, 0.15) is 23.7 Å². The Morgan fingerprint density at radius 1 is 0.723 bits per heavy atom. The highest BCUT2D eigenvalue weighted by molar-refractivity contribution is 5.87. The molecule has 4 fully saturated rings. The Balaban J connectivity index is 0.978. The number of hydrogen-bond donors (Lipinski definition) is 4. The molecule has 0 radical (unpaired) electrons. The Morgan fingerprint density at radius 2 is 1.29 bits per heavy atom. The van der Waals surface area contributed by atoms with Crippen LogP contribution in [-0.4, -0.2) is 112 Å². The van der Waals surface area contributed by atoms with Gasteiger partial charge in [-0.3, -0.25) is 9.59 Å². The molecule has 16 heteroatoms. The first kappa shape index (κ1) is 44.5. The van der Waals surface area contributed by atoms with Crippen LogP contribution >= 0.6 is 0 Å². The van der Waals surface area contributed by atoms with Gasteiger partial charge in [0.2, 0.25) is 11.8 Å². The summed E-state index contributed by atoms with van der Waals surface area (Å²) in [4.78, 5) is 72.8. The molecule has 2 aromatic carbocycles. The van der Waals surface area contributed by atoms with Crippen molar-refractivity contribution in [3.63, 3.8) is 0 Å². The maximum absolute atomic E-state index is 14.1. The first-order valence-electron chi connectivity index (χ1n) is 23.3. The van der Waals surface area contributed by atoms with Crippen LogP contribution in [0.15, 0.2) is 48.8 Å². The number of benzene rings is 2. The van der Waals surface area contributed by atoms with Crippen LogP contribution in [0.25, 0.3) is 33.6 Å². The summed E-state index contributed by atoms with van der Waals surface area (Å²) < 4.78 is 21.8. The Morgan fingerprint density at radius 3 is 1.92 bits per heavy atom. The summed E-state index contributed by atoms with van der Waals surface area (Å²) >= 11 is 0. The van der Waals surface area contributed by atoms with E-state index in [1.807, 2.05) is 45.0 Å². The number of methoxy groups -OCH3 is 2. The third kappa shape index (κ3) is 8.28. The molecule has 16 nitrogen and oxygen atoms in total. The molecule has 1 saturated carbocycles. The van der Waals surface area contributed by atoms with Gasteiger partial charge >= 0.3 is 12.2 Å². The van der Waals surface area contributed by atoms with Crippen molar-refractivity contribution in [2.24, 2.45) is 11.8 Å². The van der Waals surface area contributed by atoms with E-state index in [2.05, 4.69) is 57.0 Å². The van der Waals surface area contributed by atoms with Crippen molar-refractivity contribution in [1.29, 1.82) is 0 Å². The monoisotopic (exact) mass is 890 g/mol. The molecule has 0 bridgehead atoms. The first-order chi connectivity index (χ1) is 31.3. The van der Waals surface area contributed by atoms with Crippen LogP contribution in [-0.2, 0) is 40.4 Å². The summed E-state index contributed by atoms with van der Waals surface area (Å²) in [5.41, 5.74) is 9.26. The van der Waals surface area contributed by atoms with E-state index in [4.69, 9.17) is 28.9 Å². The molecule has 346 valence electrons. The van der Waals surface area contributed by atoms with Gasteiger partial charge in [-0.05, 0) is 83.6 Å². The van der Waals surface area contributed by atoms with Crippen molar-refractivity contribution in [3.8, 4) is 33.6 Å². The zero-order valence-electron chi connectivity index (χ0n) is 38.3. The van der Waals surface area contributed by atoms with Crippen LogP contribution in [0.1, 0.15) is 114 Å². The molecule has 5 aliphatic rings. The lowest BCUT2D eigenvalue weighted by atomic mass is 9.76. The fourth-order valence-corrected chi connectivity index (χ4v) is 11.3. The standard InChI is InChI=1S/C49H62N8O8/c1-28(2)40(54-46(60)62-5)44(58)56-21-9-10-37(56)42-51-26-36(53-42)33-16-15-32(39-34(33)17-20-48(39)18-7-8-19-48)30-11-13-31(14-12-30)35-25-50-43(52-35)38-24-49(64-22-23-65-49)27-57(38)45(59)41(29(3)4)55-47(61)63-6/h11-16,25-26,28-29,37-38,40-41H,7-10,17-24,27H2,1-6H3,(H,50,52)(H,51,53)(H,54,60)(H,55,61)/t37-,38-,40-,41-/m0/s1. The maximum Gasteiger partial charge on any atom is 0.407 e. The van der Waals surface area contributed by atoms with Gasteiger partial charge in [-0.25, -0.2) is 19.6 Å². The second-order valence-electron chi connectivity index (χ2n) is 19.1. The molecule has 2 aliphatic carbocycles. The van der Waals surface area contributed by atoms with Gasteiger partial charge in [0.25, 0.3) is 0 Å². The summed E-state index contributed by atoms with van der Waals surface area (Å²) in [6, 6.07) is 11.0. The van der Waals surface area contributed by atoms with Gasteiger partial charge in [-0.15, -0.1) is 0 Å². The minimum atomic E-state index is -0.936. The van der Waals surface area contributed by atoms with Gasteiger partial charge < -0.3 is 49.3 Å². The van der Waals surface area contributed by atoms with E-state index in [1.165, 1.54) is 56.6 Å². The molecule has 3 saturated heterocycles. The van der Waals surface area contributed by atoms with E-state index in [0.29, 0.717) is 32.0 Å². The molecule has 4 aromatic rings. The van der Waals surface area contributed by atoms with Crippen molar-refractivity contribution in [3.05, 3.63) is 71.6 Å². The van der Waals surface area contributed by atoms with Crippen LogP contribution in [0, 0.1) is 11.8 Å². The van der Waals surface area contributed by atoms with Gasteiger partial charge in [0.15, 0.2) is 5.79 Å². The predicted molar refractivity (Wildman–Crippen MR) is 241 cm³/mol. The number of ether oxygens (including phenoxy) is 4. The smallest absolute Gasteiger partial charge is 0.407 e. The average molecular weight is 891 g/mol. The SMILES string of the molecule is COC(=O)N[C@H](C(=O)N1CC2(C[C@H]1c1ncc(-c3ccc(-c4ccc(-c5cnc([C@@H]6CCCN6C(=O)[C@@H](NC(=O)OC)C(C)C)[nH]5)c5c4C4(CCCC4)CC5)cc3)[nH]1)OCCO2)C(C)C. The van der Waals surface area contributed by atoms with Crippen LogP contribution < -0.4 is 10.6 Å². The minimum Gasteiger partial charge on any atom is -0.453 e. The van der Waals surface area contributed by atoms with Crippen molar-refractivity contribution < 1.29 is 38.1 Å². The van der Waals surface area contributed by atoms with E-state index < -0.39 is 36.1 Å². The third-order valence-electron chi connectivity index (χ3n) is 14.6. The van der Waals surface area contributed by atoms with Gasteiger partial charge in [-0.2, -0.15) is 0 Å². The van der Waals surface area contributed by atoms with Gasteiger partial charge in [0.05, 0.1) is 69.8 Å². The highest BCUT2D eigenvalue weighted by Crippen LogP contribution is 2.55. The van der Waals surface area contributed by atoms with E-state index in [-0.39, 0.29) is 41.7 Å². The van der Waals surface area contributed by atoms with E-state index in [1.54, 1.807) is 4.90 Å². The quantitative estimate of drug-likeness (QED) is 0.119. The van der Waals surface area contributed by atoms with Crippen LogP contribution in [0.4, 0.5) is 9.59 Å². The number of carbonyl (C=O) groups excluding carboxylic acids is 4. The lowest BCUT2D eigenvalue weighted by Crippen LogP contribution is -2.52. The Labute approximate surface area is 379 Å². The second-order valence-corrected chi connectivity index (χ2v) is 19.1. The largest absolute Gasteiger partial charge is 0.453 e. The van der Waals surface area contributed by atoms with Crippen LogP contribution in [0.2, 0.25) is 0 Å². The fourth-order valence-electron chi connectivity index (χ4n) is 11.3. The molecule has 3 aliphatic heterocycles. The number of aromatic nitrogens is 4. The Hall–Kier alpha value is -5.74. The van der Waals surface area contributed by atoms with Crippen molar-refractivity contribution in [2.45, 2.75) is 121 Å². The molecule has 5 heterocycles. The van der Waals surface area contributed by atoms with E-state index in [9.17, 15) is 19.2 Å². The van der Waals surface area contributed by atoms with Crippen LogP contribution in [0.5, 0.6) is 0 Å². The number of likely N-dealkylation sites (tertiary alicyclic amines) is 2. The minimum absolute atomic E-state index is 0.112. The van der Waals surface area contributed by atoms with E-state index in [0.717, 1.165) is 59.6 Å². The molecular weight excluding hydrogens is 829 g/mol. The third-order valence-corrected chi connectivity index (χ3v) is 14.6. The number of H-pyrrole nitrogens is 2. The number of imidazole rings is 2. The molecular formula is C49H62N8O8.